The molecule has 0 aromatic carbocycles. The highest BCUT2D eigenvalue weighted by molar-refractivity contribution is 5.66. The summed E-state index contributed by atoms with van der Waals surface area (Å²) < 4.78 is 5.57. The summed E-state index contributed by atoms with van der Waals surface area (Å²) >= 11 is 0. The molecule has 3 saturated carbocycles. The van der Waals surface area contributed by atoms with Gasteiger partial charge in [0.1, 0.15) is 6.10 Å². The number of esters is 1. The Hall–Kier alpha value is -0.830. The number of rotatable bonds is 6. The van der Waals surface area contributed by atoms with Crippen molar-refractivity contribution in [2.45, 2.75) is 118 Å². The van der Waals surface area contributed by atoms with Gasteiger partial charge in [-0.25, -0.2) is 0 Å². The van der Waals surface area contributed by atoms with E-state index in [0.29, 0.717) is 23.2 Å². The lowest BCUT2D eigenvalue weighted by Crippen LogP contribution is -2.55. The predicted octanol–water partition coefficient (Wildman–Crippen LogP) is 6.93. The van der Waals surface area contributed by atoms with Gasteiger partial charge in [-0.15, -0.1) is 0 Å². The third kappa shape index (κ3) is 4.21. The normalized spacial score (nSPS) is 44.3. The van der Waals surface area contributed by atoms with Gasteiger partial charge in [-0.05, 0) is 84.9 Å². The third-order valence-electron chi connectivity index (χ3n) is 10.6. The number of ether oxygens (including phenoxy) is 1. The topological polar surface area (TPSA) is 46.5 Å². The highest BCUT2D eigenvalue weighted by Crippen LogP contribution is 2.67. The summed E-state index contributed by atoms with van der Waals surface area (Å²) in [6.45, 7) is 13.7. The zero-order valence-corrected chi connectivity index (χ0v) is 21.5. The molecule has 0 spiro atoms. The Bertz CT molecular complexity index is 726. The fourth-order valence-electron chi connectivity index (χ4n) is 8.98. The van der Waals surface area contributed by atoms with Gasteiger partial charge in [-0.2, -0.15) is 0 Å². The van der Waals surface area contributed by atoms with E-state index in [9.17, 15) is 9.90 Å². The summed E-state index contributed by atoms with van der Waals surface area (Å²) in [5.74, 6) is 3.85. The van der Waals surface area contributed by atoms with E-state index in [1.807, 2.05) is 0 Å². The van der Waals surface area contributed by atoms with Crippen LogP contribution in [0.15, 0.2) is 11.6 Å². The zero-order valence-electron chi connectivity index (χ0n) is 21.5. The standard InChI is InChI=1S/C29H48O3/c1-18(2)8-7-9-19(3)23-10-11-24-27-25(13-15-29(23,24)6)28(5)14-12-22(32-20(4)30)16-21(28)17-26(27)31/h17-19,22-27,31H,7-16H2,1-6H3/t19?,22-,23+,24-,25-,26-,27-,28-,29+/m0/s1. The second-order valence-electron chi connectivity index (χ2n) is 12.9. The van der Waals surface area contributed by atoms with Crippen LogP contribution in [-0.2, 0) is 9.53 Å². The van der Waals surface area contributed by atoms with E-state index in [0.717, 1.165) is 37.0 Å². The number of aliphatic hydroxyl groups is 1. The quantitative estimate of drug-likeness (QED) is 0.357. The molecule has 0 aliphatic heterocycles. The molecule has 1 unspecified atom stereocenters. The van der Waals surface area contributed by atoms with E-state index < -0.39 is 0 Å². The maximum Gasteiger partial charge on any atom is 0.302 e. The van der Waals surface area contributed by atoms with Crippen LogP contribution in [0.25, 0.3) is 0 Å². The van der Waals surface area contributed by atoms with Crippen LogP contribution in [0.2, 0.25) is 0 Å². The van der Waals surface area contributed by atoms with Crippen LogP contribution in [0, 0.1) is 46.3 Å². The van der Waals surface area contributed by atoms with Gasteiger partial charge >= 0.3 is 5.97 Å². The van der Waals surface area contributed by atoms with Gasteiger partial charge in [0.15, 0.2) is 0 Å². The Balaban J connectivity index is 1.51. The first-order chi connectivity index (χ1) is 15.1. The van der Waals surface area contributed by atoms with Crippen molar-refractivity contribution in [2.24, 2.45) is 46.3 Å². The van der Waals surface area contributed by atoms with Gasteiger partial charge < -0.3 is 9.84 Å². The minimum absolute atomic E-state index is 0.00742. The lowest BCUT2D eigenvalue weighted by atomic mass is 9.46. The zero-order chi connectivity index (χ0) is 23.3. The van der Waals surface area contributed by atoms with E-state index in [1.165, 1.54) is 57.4 Å². The molecular weight excluding hydrogens is 396 g/mol. The van der Waals surface area contributed by atoms with Crippen molar-refractivity contribution in [1.82, 2.24) is 0 Å². The van der Waals surface area contributed by atoms with Crippen LogP contribution in [0.5, 0.6) is 0 Å². The molecule has 0 bridgehead atoms. The summed E-state index contributed by atoms with van der Waals surface area (Å²) in [7, 11) is 0. The van der Waals surface area contributed by atoms with Crippen molar-refractivity contribution in [2.75, 3.05) is 0 Å². The number of fused-ring (bicyclic) bond motifs is 5. The smallest absolute Gasteiger partial charge is 0.302 e. The maximum atomic E-state index is 11.5. The van der Waals surface area contributed by atoms with E-state index >= 15 is 0 Å². The lowest BCUT2D eigenvalue weighted by molar-refractivity contribution is -0.149. The average Bonchev–Trinajstić information content (AvgIpc) is 3.05. The first-order valence-electron chi connectivity index (χ1n) is 13.6. The van der Waals surface area contributed by atoms with Crippen LogP contribution < -0.4 is 0 Å². The fourth-order valence-corrected chi connectivity index (χ4v) is 8.98. The van der Waals surface area contributed by atoms with Gasteiger partial charge in [0.2, 0.25) is 0 Å². The molecule has 4 aliphatic carbocycles. The molecule has 0 amide bonds. The molecule has 0 aromatic rings. The van der Waals surface area contributed by atoms with Crippen LogP contribution in [0.3, 0.4) is 0 Å². The molecule has 1 N–H and O–H groups in total. The second kappa shape index (κ2) is 9.08. The molecule has 32 heavy (non-hydrogen) atoms. The summed E-state index contributed by atoms with van der Waals surface area (Å²) in [5.41, 5.74) is 1.92. The molecule has 4 rings (SSSR count). The molecule has 4 aliphatic rings. The Kier molecular flexibility index (Phi) is 6.90. The van der Waals surface area contributed by atoms with E-state index in [-0.39, 0.29) is 23.6 Å². The van der Waals surface area contributed by atoms with Crippen LogP contribution in [-0.4, -0.2) is 23.3 Å². The van der Waals surface area contributed by atoms with Crippen LogP contribution in [0.1, 0.15) is 106 Å². The molecule has 0 aromatic heterocycles. The van der Waals surface area contributed by atoms with Gasteiger partial charge in [-0.1, -0.05) is 65.5 Å². The van der Waals surface area contributed by atoms with Crippen molar-refractivity contribution in [3.8, 4) is 0 Å². The minimum atomic E-state index is -0.334. The Labute approximate surface area is 196 Å². The third-order valence-corrected chi connectivity index (χ3v) is 10.6. The number of hydrogen-bond donors (Lipinski definition) is 1. The lowest BCUT2D eigenvalue weighted by Gasteiger charge is -2.59. The number of carbonyl (C=O) groups is 1. The fraction of sp³-hybridized carbons (Fsp3) is 0.897. The predicted molar refractivity (Wildman–Crippen MR) is 130 cm³/mol. The molecule has 0 heterocycles. The Morgan fingerprint density at radius 3 is 2.53 bits per heavy atom. The number of hydrogen-bond acceptors (Lipinski definition) is 3. The molecule has 3 heteroatoms. The summed E-state index contributed by atoms with van der Waals surface area (Å²) in [4.78, 5) is 11.5. The highest BCUT2D eigenvalue weighted by atomic mass is 16.5. The molecule has 0 saturated heterocycles. The summed E-state index contributed by atoms with van der Waals surface area (Å²) in [6.07, 6.45) is 14.0. The molecule has 9 atom stereocenters. The monoisotopic (exact) mass is 444 g/mol. The maximum absolute atomic E-state index is 11.5. The largest absolute Gasteiger partial charge is 0.462 e. The molecular formula is C29H48O3. The molecule has 3 nitrogen and oxygen atoms in total. The Morgan fingerprint density at radius 2 is 1.84 bits per heavy atom. The Morgan fingerprint density at radius 1 is 1.09 bits per heavy atom. The van der Waals surface area contributed by atoms with Crippen molar-refractivity contribution >= 4 is 5.97 Å². The molecule has 3 fully saturated rings. The van der Waals surface area contributed by atoms with Gasteiger partial charge in [0.05, 0.1) is 6.10 Å². The van der Waals surface area contributed by atoms with E-state index in [1.54, 1.807) is 0 Å². The molecule has 0 radical (unpaired) electrons. The SMILES string of the molecule is CC(=O)O[C@H]1CC[C@@]2(C)C(=C[C@H](O)[C@H]3[C@@H]4CC[C@H](C(C)CCCC(C)C)[C@@]4(C)CC[C@@H]32)C1. The first-order valence-corrected chi connectivity index (χ1v) is 13.6. The number of carbonyl (C=O) groups excluding carboxylic acids is 1. The van der Waals surface area contributed by atoms with Crippen LogP contribution >= 0.6 is 0 Å². The summed E-state index contributed by atoms with van der Waals surface area (Å²) in [5, 5.41) is 11.4. The average molecular weight is 445 g/mol. The van der Waals surface area contributed by atoms with E-state index in [4.69, 9.17) is 4.74 Å². The molecule has 182 valence electrons. The van der Waals surface area contributed by atoms with Crippen molar-refractivity contribution < 1.29 is 14.6 Å². The van der Waals surface area contributed by atoms with Crippen molar-refractivity contribution in [3.05, 3.63) is 11.6 Å². The minimum Gasteiger partial charge on any atom is -0.462 e. The first kappa shape index (κ1) is 24.3. The van der Waals surface area contributed by atoms with Crippen LogP contribution in [0.4, 0.5) is 0 Å². The number of aliphatic hydroxyl groups excluding tert-OH is 1. The van der Waals surface area contributed by atoms with Gasteiger partial charge in [-0.3, -0.25) is 4.79 Å². The van der Waals surface area contributed by atoms with Crippen molar-refractivity contribution in [3.63, 3.8) is 0 Å². The highest BCUT2D eigenvalue weighted by Gasteiger charge is 2.61. The van der Waals surface area contributed by atoms with E-state index in [2.05, 4.69) is 40.7 Å². The van der Waals surface area contributed by atoms with Gasteiger partial charge in [0.25, 0.3) is 0 Å². The van der Waals surface area contributed by atoms with Crippen molar-refractivity contribution in [1.29, 1.82) is 0 Å². The van der Waals surface area contributed by atoms with Gasteiger partial charge in [0, 0.05) is 13.3 Å². The summed E-state index contributed by atoms with van der Waals surface area (Å²) in [6, 6.07) is 0. The second-order valence-corrected chi connectivity index (χ2v) is 12.9.